The molecule has 2 aliphatic rings. The Morgan fingerprint density at radius 3 is 2.19 bits per heavy atom. The third kappa shape index (κ3) is 5.00. The van der Waals surface area contributed by atoms with Gasteiger partial charge in [-0.2, -0.15) is 0 Å². The van der Waals surface area contributed by atoms with E-state index in [1.54, 1.807) is 4.88 Å². The first kappa shape index (κ1) is 19.1. The monoisotopic (exact) mass is 384 g/mol. The Kier molecular flexibility index (Phi) is 6.61. The Bertz CT molecular complexity index is 715. The molecule has 0 radical (unpaired) electrons. The van der Waals surface area contributed by atoms with Crippen LogP contribution in [0, 0.1) is 0 Å². The quantitative estimate of drug-likeness (QED) is 0.788. The van der Waals surface area contributed by atoms with E-state index in [4.69, 9.17) is 0 Å². The van der Waals surface area contributed by atoms with E-state index in [-0.39, 0.29) is 6.61 Å². The van der Waals surface area contributed by atoms with Crippen LogP contribution in [0.3, 0.4) is 0 Å². The highest BCUT2D eigenvalue weighted by Crippen LogP contribution is 2.36. The molecule has 1 N–H and O–H groups in total. The zero-order valence-corrected chi connectivity index (χ0v) is 17.1. The molecule has 0 unspecified atom stereocenters. The number of hydrogen-bond acceptors (Lipinski definition) is 4. The Morgan fingerprint density at radius 1 is 0.815 bits per heavy atom. The topological polar surface area (TPSA) is 26.7 Å². The highest BCUT2D eigenvalue weighted by molar-refractivity contribution is 7.12. The van der Waals surface area contributed by atoms with Crippen molar-refractivity contribution in [3.05, 3.63) is 57.3 Å². The van der Waals surface area contributed by atoms with Crippen molar-refractivity contribution in [3.8, 4) is 0 Å². The minimum absolute atomic E-state index is 0.137. The molecule has 4 rings (SSSR count). The molecule has 1 aromatic carbocycles. The number of aliphatic hydroxyl groups is 1. The Hall–Kier alpha value is -1.20. The lowest BCUT2D eigenvalue weighted by molar-refractivity contribution is 0.122. The summed E-state index contributed by atoms with van der Waals surface area (Å²) in [5, 5.41) is 9.52. The maximum Gasteiger partial charge on any atom is 0.0685 e. The van der Waals surface area contributed by atoms with Gasteiger partial charge in [-0.1, -0.05) is 43.5 Å². The Balaban J connectivity index is 1.26. The van der Waals surface area contributed by atoms with Gasteiger partial charge in [0.15, 0.2) is 0 Å². The summed E-state index contributed by atoms with van der Waals surface area (Å²) in [5.41, 5.74) is 2.33. The highest BCUT2D eigenvalue weighted by atomic mass is 32.1. The fourth-order valence-electron chi connectivity index (χ4n) is 4.52. The smallest absolute Gasteiger partial charge is 0.0685 e. The predicted octanol–water partition coefficient (Wildman–Crippen LogP) is 4.61. The molecule has 2 fully saturated rings. The zero-order chi connectivity index (χ0) is 18.5. The molecule has 1 aromatic heterocycles. The number of thiophene rings is 1. The molecule has 0 atom stereocenters. The summed E-state index contributed by atoms with van der Waals surface area (Å²) in [4.78, 5) is 8.29. The van der Waals surface area contributed by atoms with Crippen molar-refractivity contribution < 1.29 is 5.11 Å². The number of piperazine rings is 1. The molecule has 0 bridgehead atoms. The fourth-order valence-corrected chi connectivity index (χ4v) is 5.74. The van der Waals surface area contributed by atoms with Crippen LogP contribution in [0.15, 0.2) is 36.4 Å². The zero-order valence-electron chi connectivity index (χ0n) is 16.3. The van der Waals surface area contributed by atoms with E-state index >= 15 is 0 Å². The molecule has 4 heteroatoms. The Morgan fingerprint density at radius 2 is 1.48 bits per heavy atom. The first-order chi connectivity index (χ1) is 13.3. The third-order valence-corrected chi connectivity index (χ3v) is 7.45. The van der Waals surface area contributed by atoms with Gasteiger partial charge in [-0.05, 0) is 42.0 Å². The van der Waals surface area contributed by atoms with E-state index in [9.17, 15) is 5.11 Å². The van der Waals surface area contributed by atoms with Gasteiger partial charge in [0, 0.05) is 49.0 Å². The number of aliphatic hydroxyl groups excluding tert-OH is 1. The summed E-state index contributed by atoms with van der Waals surface area (Å²) in [7, 11) is 0. The first-order valence-electron chi connectivity index (χ1n) is 10.5. The van der Waals surface area contributed by atoms with Crippen molar-refractivity contribution in [2.45, 2.75) is 57.7 Å². The van der Waals surface area contributed by atoms with E-state index in [0.717, 1.165) is 50.7 Å². The van der Waals surface area contributed by atoms with Crippen molar-refractivity contribution in [3.63, 3.8) is 0 Å². The molecule has 1 saturated heterocycles. The van der Waals surface area contributed by atoms with Gasteiger partial charge in [0.25, 0.3) is 0 Å². The van der Waals surface area contributed by atoms with E-state index in [0.29, 0.717) is 0 Å². The lowest BCUT2D eigenvalue weighted by Gasteiger charge is -2.34. The average Bonchev–Trinajstić information content (AvgIpc) is 3.19. The minimum atomic E-state index is 0.137. The van der Waals surface area contributed by atoms with E-state index in [2.05, 4.69) is 45.4 Å². The van der Waals surface area contributed by atoms with Crippen LogP contribution in [0.2, 0.25) is 0 Å². The highest BCUT2D eigenvalue weighted by Gasteiger charge is 2.20. The molecule has 27 heavy (non-hydrogen) atoms. The summed E-state index contributed by atoms with van der Waals surface area (Å²) in [6, 6.07) is 13.0. The summed E-state index contributed by atoms with van der Waals surface area (Å²) in [6.45, 7) is 6.70. The number of hydrogen-bond donors (Lipinski definition) is 1. The van der Waals surface area contributed by atoms with Crippen LogP contribution < -0.4 is 0 Å². The van der Waals surface area contributed by atoms with Crippen molar-refractivity contribution in [1.29, 1.82) is 0 Å². The number of nitrogens with zero attached hydrogens (tertiary/aromatic N) is 2. The lowest BCUT2D eigenvalue weighted by Crippen LogP contribution is -2.45. The van der Waals surface area contributed by atoms with E-state index < -0.39 is 0 Å². The van der Waals surface area contributed by atoms with Crippen LogP contribution in [-0.4, -0.2) is 41.1 Å². The van der Waals surface area contributed by atoms with Gasteiger partial charge in [0.2, 0.25) is 0 Å². The second kappa shape index (κ2) is 9.33. The largest absolute Gasteiger partial charge is 0.392 e. The van der Waals surface area contributed by atoms with E-state index in [1.165, 1.54) is 42.5 Å². The first-order valence-corrected chi connectivity index (χ1v) is 11.3. The molecule has 1 aliphatic heterocycles. The fraction of sp³-hybridized carbons (Fsp3) is 0.565. The number of rotatable bonds is 6. The van der Waals surface area contributed by atoms with Gasteiger partial charge >= 0.3 is 0 Å². The van der Waals surface area contributed by atoms with E-state index in [1.807, 2.05) is 12.1 Å². The summed E-state index contributed by atoms with van der Waals surface area (Å²) in [6.07, 6.45) is 7.06. The summed E-state index contributed by atoms with van der Waals surface area (Å²) < 4.78 is 0. The molecule has 2 aromatic rings. The van der Waals surface area contributed by atoms with Gasteiger partial charge in [-0.15, -0.1) is 11.3 Å². The third-order valence-electron chi connectivity index (χ3n) is 6.22. The van der Waals surface area contributed by atoms with Gasteiger partial charge in [0.05, 0.1) is 6.61 Å². The molecule has 1 saturated carbocycles. The maximum absolute atomic E-state index is 9.52. The van der Waals surface area contributed by atoms with Gasteiger partial charge in [-0.3, -0.25) is 9.80 Å². The second-order valence-electron chi connectivity index (χ2n) is 8.12. The maximum atomic E-state index is 9.52. The van der Waals surface area contributed by atoms with Crippen molar-refractivity contribution in [1.82, 2.24) is 9.80 Å². The van der Waals surface area contributed by atoms with Crippen LogP contribution in [0.25, 0.3) is 0 Å². The molecule has 2 heterocycles. The van der Waals surface area contributed by atoms with Crippen LogP contribution in [0.4, 0.5) is 0 Å². The van der Waals surface area contributed by atoms with Crippen LogP contribution in [0.1, 0.15) is 58.9 Å². The molecular formula is C23H32N2OS. The molecule has 0 amide bonds. The van der Waals surface area contributed by atoms with Crippen molar-refractivity contribution in [2.75, 3.05) is 26.2 Å². The van der Waals surface area contributed by atoms with Gasteiger partial charge in [-0.25, -0.2) is 0 Å². The molecule has 3 nitrogen and oxygen atoms in total. The van der Waals surface area contributed by atoms with Crippen LogP contribution >= 0.6 is 11.3 Å². The molecule has 1 aliphatic carbocycles. The predicted molar refractivity (Wildman–Crippen MR) is 113 cm³/mol. The van der Waals surface area contributed by atoms with Crippen molar-refractivity contribution in [2.24, 2.45) is 0 Å². The SMILES string of the molecule is OCc1ccccc1CN1CCN(Cc2ccc(C3CCCCC3)s2)CC1. The summed E-state index contributed by atoms with van der Waals surface area (Å²) >= 11 is 2.06. The number of benzene rings is 1. The molecular weight excluding hydrogens is 352 g/mol. The van der Waals surface area contributed by atoms with Crippen LogP contribution in [-0.2, 0) is 19.7 Å². The average molecular weight is 385 g/mol. The lowest BCUT2D eigenvalue weighted by atomic mass is 9.88. The van der Waals surface area contributed by atoms with Gasteiger partial charge in [0.1, 0.15) is 0 Å². The second-order valence-corrected chi connectivity index (χ2v) is 9.32. The standard InChI is InChI=1S/C23H32N2OS/c26-18-21-9-5-4-8-20(21)16-24-12-14-25(15-13-24)17-22-10-11-23(27-22)19-6-2-1-3-7-19/h4-5,8-11,19,26H,1-3,6-7,12-18H2. The normalized spacial score (nSPS) is 20.2. The molecule has 146 valence electrons. The molecule has 0 spiro atoms. The van der Waals surface area contributed by atoms with Crippen molar-refractivity contribution >= 4 is 11.3 Å². The summed E-state index contributed by atoms with van der Waals surface area (Å²) in [5.74, 6) is 0.834. The van der Waals surface area contributed by atoms with Gasteiger partial charge < -0.3 is 5.11 Å². The Labute approximate surface area is 167 Å². The minimum Gasteiger partial charge on any atom is -0.392 e. The van der Waals surface area contributed by atoms with Crippen LogP contribution in [0.5, 0.6) is 0 Å².